The molecule has 1 unspecified atom stereocenters. The Morgan fingerprint density at radius 1 is 1.12 bits per heavy atom. The molecule has 0 amide bonds. The lowest BCUT2D eigenvalue weighted by molar-refractivity contribution is -0.0456. The number of ether oxygens (including phenoxy) is 1. The van der Waals surface area contributed by atoms with E-state index < -0.39 is 0 Å². The quantitative estimate of drug-likeness (QED) is 0.817. The van der Waals surface area contributed by atoms with E-state index in [1.165, 1.54) is 51.1 Å². The molecule has 24 heavy (non-hydrogen) atoms. The first-order valence-electron chi connectivity index (χ1n) is 9.39. The molecule has 0 bridgehead atoms. The molecule has 3 aliphatic rings. The van der Waals surface area contributed by atoms with Gasteiger partial charge in [0, 0.05) is 65.1 Å². The van der Waals surface area contributed by atoms with E-state index in [-0.39, 0.29) is 5.60 Å². The maximum absolute atomic E-state index is 6.38. The van der Waals surface area contributed by atoms with Gasteiger partial charge in [-0.3, -0.25) is 14.5 Å². The average Bonchev–Trinajstić information content (AvgIpc) is 3.18. The molecule has 1 atom stereocenters. The van der Waals surface area contributed by atoms with Crippen LogP contribution in [0.5, 0.6) is 0 Å². The fourth-order valence-electron chi connectivity index (χ4n) is 4.49. The van der Waals surface area contributed by atoms with Crippen molar-refractivity contribution in [1.82, 2.24) is 24.5 Å². The largest absolute Gasteiger partial charge is 0.373 e. The van der Waals surface area contributed by atoms with Gasteiger partial charge in [-0.25, -0.2) is 0 Å². The van der Waals surface area contributed by atoms with Crippen LogP contribution in [0.1, 0.15) is 25.0 Å². The van der Waals surface area contributed by atoms with Crippen LogP contribution in [-0.4, -0.2) is 89.0 Å². The molecule has 3 saturated heterocycles. The van der Waals surface area contributed by atoms with Gasteiger partial charge >= 0.3 is 0 Å². The van der Waals surface area contributed by atoms with E-state index in [0.29, 0.717) is 6.04 Å². The summed E-state index contributed by atoms with van der Waals surface area (Å²) in [5.41, 5.74) is 1.32. The van der Waals surface area contributed by atoms with Crippen molar-refractivity contribution < 1.29 is 4.74 Å². The third-order valence-corrected chi connectivity index (χ3v) is 6.17. The van der Waals surface area contributed by atoms with Crippen molar-refractivity contribution in [2.24, 2.45) is 7.05 Å². The number of likely N-dealkylation sites (N-methyl/N-ethyl adjacent to an activating group) is 1. The van der Waals surface area contributed by atoms with E-state index in [0.717, 1.165) is 26.2 Å². The zero-order valence-electron chi connectivity index (χ0n) is 15.2. The number of piperazine rings is 1. The Morgan fingerprint density at radius 2 is 1.88 bits per heavy atom. The Morgan fingerprint density at radius 3 is 2.54 bits per heavy atom. The molecular weight excluding hydrogens is 302 g/mol. The first kappa shape index (κ1) is 16.5. The molecule has 3 aliphatic heterocycles. The van der Waals surface area contributed by atoms with E-state index in [9.17, 15) is 0 Å². The second kappa shape index (κ2) is 6.75. The molecular formula is C18H31N5O. The minimum atomic E-state index is 0.147. The van der Waals surface area contributed by atoms with Crippen molar-refractivity contribution in [2.45, 2.75) is 37.5 Å². The van der Waals surface area contributed by atoms with Crippen molar-refractivity contribution in [3.05, 3.63) is 18.0 Å². The highest BCUT2D eigenvalue weighted by molar-refractivity contribution is 5.01. The van der Waals surface area contributed by atoms with Crippen molar-refractivity contribution in [3.63, 3.8) is 0 Å². The first-order valence-corrected chi connectivity index (χ1v) is 9.39. The van der Waals surface area contributed by atoms with E-state index >= 15 is 0 Å². The van der Waals surface area contributed by atoms with E-state index in [4.69, 9.17) is 4.74 Å². The lowest BCUT2D eigenvalue weighted by Gasteiger charge is -2.39. The molecule has 4 rings (SSSR count). The highest BCUT2D eigenvalue weighted by Gasteiger charge is 2.44. The highest BCUT2D eigenvalue weighted by atomic mass is 16.5. The van der Waals surface area contributed by atoms with Crippen molar-refractivity contribution >= 4 is 0 Å². The Hall–Kier alpha value is -0.950. The smallest absolute Gasteiger partial charge is 0.0764 e. The zero-order valence-corrected chi connectivity index (χ0v) is 15.2. The molecule has 6 heteroatoms. The van der Waals surface area contributed by atoms with Gasteiger partial charge in [-0.1, -0.05) is 0 Å². The number of hydrogen-bond acceptors (Lipinski definition) is 5. The summed E-state index contributed by atoms with van der Waals surface area (Å²) < 4.78 is 8.27. The van der Waals surface area contributed by atoms with E-state index in [1.807, 2.05) is 17.9 Å². The summed E-state index contributed by atoms with van der Waals surface area (Å²) in [6.45, 7) is 8.96. The monoisotopic (exact) mass is 333 g/mol. The van der Waals surface area contributed by atoms with Crippen LogP contribution in [0.3, 0.4) is 0 Å². The zero-order chi connectivity index (χ0) is 16.6. The number of aromatic nitrogens is 2. The maximum Gasteiger partial charge on any atom is 0.0764 e. The van der Waals surface area contributed by atoms with E-state index in [1.54, 1.807) is 0 Å². The number of piperidine rings is 1. The number of rotatable bonds is 3. The molecule has 3 fully saturated rings. The summed E-state index contributed by atoms with van der Waals surface area (Å²) in [5.74, 6) is 0. The van der Waals surface area contributed by atoms with Crippen LogP contribution >= 0.6 is 0 Å². The van der Waals surface area contributed by atoms with Crippen LogP contribution in [0.2, 0.25) is 0 Å². The second-order valence-electron chi connectivity index (χ2n) is 7.95. The fraction of sp³-hybridized carbons (Fsp3) is 0.833. The summed E-state index contributed by atoms with van der Waals surface area (Å²) in [5, 5.41) is 4.51. The van der Waals surface area contributed by atoms with Gasteiger partial charge < -0.3 is 9.64 Å². The summed E-state index contributed by atoms with van der Waals surface area (Å²) in [7, 11) is 4.21. The number of likely N-dealkylation sites (tertiary alicyclic amines) is 1. The third-order valence-electron chi connectivity index (χ3n) is 6.17. The predicted octanol–water partition coefficient (Wildman–Crippen LogP) is 0.791. The summed E-state index contributed by atoms with van der Waals surface area (Å²) in [6, 6.07) is 2.76. The van der Waals surface area contributed by atoms with Crippen molar-refractivity contribution in [2.75, 3.05) is 52.9 Å². The first-order chi connectivity index (χ1) is 11.6. The third kappa shape index (κ3) is 3.52. The van der Waals surface area contributed by atoms with Crippen molar-refractivity contribution in [3.8, 4) is 0 Å². The van der Waals surface area contributed by atoms with Gasteiger partial charge in [0.25, 0.3) is 0 Å². The molecule has 134 valence electrons. The van der Waals surface area contributed by atoms with Gasteiger partial charge in [-0.05, 0) is 32.4 Å². The van der Waals surface area contributed by atoms with Crippen LogP contribution in [0, 0.1) is 0 Å². The average molecular weight is 333 g/mol. The molecule has 0 aromatic carbocycles. The molecule has 4 heterocycles. The molecule has 0 radical (unpaired) electrons. The molecule has 0 aliphatic carbocycles. The molecule has 1 aromatic heterocycles. The lowest BCUT2D eigenvalue weighted by Crippen LogP contribution is -2.50. The molecule has 6 nitrogen and oxygen atoms in total. The van der Waals surface area contributed by atoms with Crippen LogP contribution in [-0.2, 0) is 18.3 Å². The second-order valence-corrected chi connectivity index (χ2v) is 7.95. The minimum Gasteiger partial charge on any atom is -0.373 e. The van der Waals surface area contributed by atoms with Gasteiger partial charge in [-0.15, -0.1) is 0 Å². The van der Waals surface area contributed by atoms with Crippen LogP contribution in [0.25, 0.3) is 0 Å². The Labute approximate surface area is 145 Å². The van der Waals surface area contributed by atoms with E-state index in [2.05, 4.69) is 32.9 Å². The van der Waals surface area contributed by atoms with Gasteiger partial charge in [-0.2, -0.15) is 5.10 Å². The minimum absolute atomic E-state index is 0.147. The normalized spacial score (nSPS) is 29.5. The van der Waals surface area contributed by atoms with Gasteiger partial charge in [0.15, 0.2) is 0 Å². The van der Waals surface area contributed by atoms with Gasteiger partial charge in [0.2, 0.25) is 0 Å². The number of hydrogen-bond donors (Lipinski definition) is 0. The van der Waals surface area contributed by atoms with Crippen LogP contribution < -0.4 is 0 Å². The van der Waals surface area contributed by atoms with Crippen molar-refractivity contribution in [1.29, 1.82) is 0 Å². The Balaban J connectivity index is 1.27. The Kier molecular flexibility index (Phi) is 4.64. The molecule has 1 aromatic rings. The highest BCUT2D eigenvalue weighted by Crippen LogP contribution is 2.38. The summed E-state index contributed by atoms with van der Waals surface area (Å²) in [6.07, 6.45) is 5.60. The standard InChI is InChI=1S/C18H31N5O/c1-20-9-11-23(12-10-20)17-13-18(24-15-17)4-7-22(8-5-18)14-16-3-6-21(2)19-16/h3,6,17H,4-5,7-15H2,1-2H3. The molecule has 0 saturated carbocycles. The SMILES string of the molecule is CN1CCN(C2COC3(CCN(Cc4ccn(C)n4)CC3)C2)CC1. The van der Waals surface area contributed by atoms with Crippen LogP contribution in [0.15, 0.2) is 12.3 Å². The predicted molar refractivity (Wildman–Crippen MR) is 93.9 cm³/mol. The Bertz CT molecular complexity index is 543. The summed E-state index contributed by atoms with van der Waals surface area (Å²) >= 11 is 0. The number of aryl methyl sites for hydroxylation is 1. The lowest BCUT2D eigenvalue weighted by atomic mass is 9.87. The van der Waals surface area contributed by atoms with Gasteiger partial charge in [0.05, 0.1) is 17.9 Å². The topological polar surface area (TPSA) is 36.8 Å². The van der Waals surface area contributed by atoms with Gasteiger partial charge in [0.1, 0.15) is 0 Å². The molecule has 1 spiro atoms. The summed E-state index contributed by atoms with van der Waals surface area (Å²) in [4.78, 5) is 7.62. The maximum atomic E-state index is 6.38. The molecule has 0 N–H and O–H groups in total. The fourth-order valence-corrected chi connectivity index (χ4v) is 4.49. The number of nitrogens with zero attached hydrogens (tertiary/aromatic N) is 5. The van der Waals surface area contributed by atoms with Crippen LogP contribution in [0.4, 0.5) is 0 Å².